The predicted octanol–water partition coefficient (Wildman–Crippen LogP) is 2.86. The molecule has 0 radical (unpaired) electrons. The van der Waals surface area contributed by atoms with Gasteiger partial charge >= 0.3 is 0 Å². The molecule has 5 rings (SSSR count). The fourth-order valence-electron chi connectivity index (χ4n) is 4.28. The zero-order chi connectivity index (χ0) is 18.9. The van der Waals surface area contributed by atoms with Gasteiger partial charge < -0.3 is 14.6 Å². The van der Waals surface area contributed by atoms with Crippen molar-refractivity contribution in [1.82, 2.24) is 19.9 Å². The summed E-state index contributed by atoms with van der Waals surface area (Å²) in [6, 6.07) is 0.233. The predicted molar refractivity (Wildman–Crippen MR) is 106 cm³/mol. The molecule has 0 saturated carbocycles. The average Bonchev–Trinajstić information content (AvgIpc) is 3.41. The third kappa shape index (κ3) is 2.83. The normalized spacial score (nSPS) is 23.9. The van der Waals surface area contributed by atoms with Gasteiger partial charge in [0, 0.05) is 18.0 Å². The number of rotatable bonds is 5. The highest BCUT2D eigenvalue weighted by Crippen LogP contribution is 2.36. The van der Waals surface area contributed by atoms with E-state index >= 15 is 0 Å². The van der Waals surface area contributed by atoms with Crippen molar-refractivity contribution in [3.63, 3.8) is 0 Å². The first kappa shape index (κ1) is 16.9. The first-order valence-corrected chi connectivity index (χ1v) is 9.63. The smallest absolute Gasteiger partial charge is 0.182 e. The van der Waals surface area contributed by atoms with Crippen molar-refractivity contribution in [3.8, 4) is 0 Å². The average molecular weight is 375 g/mol. The van der Waals surface area contributed by atoms with Gasteiger partial charge in [-0.3, -0.25) is 4.79 Å². The molecule has 1 saturated heterocycles. The number of aromatic amines is 1. The van der Waals surface area contributed by atoms with E-state index in [2.05, 4.69) is 37.0 Å². The molecule has 2 aromatic heterocycles. The van der Waals surface area contributed by atoms with E-state index in [9.17, 15) is 4.79 Å². The van der Waals surface area contributed by atoms with Crippen molar-refractivity contribution in [3.05, 3.63) is 59.9 Å². The summed E-state index contributed by atoms with van der Waals surface area (Å²) in [7, 11) is 0. The number of carbonyl (C=O) groups is 1. The fraction of sp³-hybridized carbons (Fsp3) is 0.333. The maximum atomic E-state index is 11.4. The number of H-pyrrole nitrogens is 1. The topological polar surface area (TPSA) is 84.0 Å². The lowest BCUT2D eigenvalue weighted by molar-refractivity contribution is -0.105. The van der Waals surface area contributed by atoms with E-state index in [1.807, 2.05) is 18.2 Å². The van der Waals surface area contributed by atoms with E-state index in [-0.39, 0.29) is 12.0 Å². The molecule has 1 aliphatic heterocycles. The monoisotopic (exact) mass is 375 g/mol. The van der Waals surface area contributed by atoms with Crippen LogP contribution in [0.5, 0.6) is 0 Å². The van der Waals surface area contributed by atoms with E-state index < -0.39 is 0 Å². The van der Waals surface area contributed by atoms with E-state index in [4.69, 9.17) is 4.74 Å². The summed E-state index contributed by atoms with van der Waals surface area (Å²) in [6.45, 7) is 1.50. The van der Waals surface area contributed by atoms with Crippen molar-refractivity contribution in [2.24, 2.45) is 5.92 Å². The van der Waals surface area contributed by atoms with Crippen LogP contribution in [0.15, 0.2) is 59.9 Å². The third-order valence-electron chi connectivity index (χ3n) is 5.69. The molecule has 28 heavy (non-hydrogen) atoms. The number of aromatic nitrogens is 4. The Bertz CT molecular complexity index is 1030. The number of carbonyl (C=O) groups excluding carboxylic acids is 1. The summed E-state index contributed by atoms with van der Waals surface area (Å²) >= 11 is 0. The van der Waals surface area contributed by atoms with E-state index in [0.29, 0.717) is 12.3 Å². The number of allylic oxidation sites excluding steroid dienone is 7. The number of nitrogens with one attached hydrogen (secondary N) is 1. The summed E-state index contributed by atoms with van der Waals surface area (Å²) in [6.07, 6.45) is 17.1. The summed E-state index contributed by atoms with van der Waals surface area (Å²) in [5.41, 5.74) is 3.45. The zero-order valence-electron chi connectivity index (χ0n) is 15.4. The van der Waals surface area contributed by atoms with E-state index in [1.54, 1.807) is 12.7 Å². The minimum atomic E-state index is 0.105. The lowest BCUT2D eigenvalue weighted by Gasteiger charge is -2.30. The Labute approximate surface area is 162 Å². The number of fused-ring (bicyclic) bond motifs is 2. The van der Waals surface area contributed by atoms with Crippen LogP contribution in [-0.2, 0) is 9.53 Å². The molecule has 3 heterocycles. The quantitative estimate of drug-likeness (QED) is 0.809. The highest BCUT2D eigenvalue weighted by Gasteiger charge is 2.30. The highest BCUT2D eigenvalue weighted by molar-refractivity contribution is 5.83. The van der Waals surface area contributed by atoms with Gasteiger partial charge in [0.15, 0.2) is 11.5 Å². The van der Waals surface area contributed by atoms with Gasteiger partial charge in [-0.2, -0.15) is 0 Å². The van der Waals surface area contributed by atoms with Gasteiger partial charge in [0.2, 0.25) is 0 Å². The molecule has 142 valence electrons. The lowest BCUT2D eigenvalue weighted by atomic mass is 9.81. The van der Waals surface area contributed by atoms with Crippen LogP contribution in [0.4, 0.5) is 5.82 Å². The molecule has 1 N–H and O–H groups in total. The number of anilines is 1. The van der Waals surface area contributed by atoms with Crippen LogP contribution >= 0.6 is 0 Å². The standard InChI is InChI=1S/C21H21N5O2/c27-10-14-7-8-18(17-6-2-1-5-16(14)17)28-11-15-4-3-9-26(15)21-19-20(23-12-22-19)24-13-25-21/h1-2,6-8,10,12-13,15-16H,3-5,9,11H2,(H,22,23,24,25)/t15-,16?/m1/s1. The van der Waals surface area contributed by atoms with Gasteiger partial charge in [-0.25, -0.2) is 15.0 Å². The maximum Gasteiger partial charge on any atom is 0.182 e. The first-order chi connectivity index (χ1) is 13.8. The summed E-state index contributed by atoms with van der Waals surface area (Å²) in [5.74, 6) is 1.85. The van der Waals surface area contributed by atoms with Crippen LogP contribution in [-0.4, -0.2) is 45.4 Å². The largest absolute Gasteiger partial charge is 0.491 e. The molecule has 7 heteroatoms. The maximum absolute atomic E-state index is 11.4. The summed E-state index contributed by atoms with van der Waals surface area (Å²) in [4.78, 5) is 29.7. The van der Waals surface area contributed by atoms with Gasteiger partial charge in [0.25, 0.3) is 0 Å². The Balaban J connectivity index is 1.36. The van der Waals surface area contributed by atoms with Gasteiger partial charge in [-0.15, -0.1) is 0 Å². The van der Waals surface area contributed by atoms with Crippen molar-refractivity contribution < 1.29 is 9.53 Å². The number of aldehydes is 1. The molecule has 0 aromatic carbocycles. The molecule has 3 aliphatic rings. The first-order valence-electron chi connectivity index (χ1n) is 9.63. The minimum absolute atomic E-state index is 0.105. The molecule has 1 fully saturated rings. The van der Waals surface area contributed by atoms with Crippen LogP contribution in [0.1, 0.15) is 19.3 Å². The van der Waals surface area contributed by atoms with Gasteiger partial charge in [0.1, 0.15) is 30.5 Å². The van der Waals surface area contributed by atoms with Crippen molar-refractivity contribution in [2.75, 3.05) is 18.1 Å². The Morgan fingerprint density at radius 3 is 3.14 bits per heavy atom. The second-order valence-corrected chi connectivity index (χ2v) is 7.25. The third-order valence-corrected chi connectivity index (χ3v) is 5.69. The molecular formula is C21H21N5O2. The molecule has 7 nitrogen and oxygen atoms in total. The molecule has 2 aromatic rings. The second-order valence-electron chi connectivity index (χ2n) is 7.25. The number of imidazole rings is 1. The van der Waals surface area contributed by atoms with Crippen molar-refractivity contribution in [2.45, 2.75) is 25.3 Å². The SMILES string of the molecule is O=CC1=CC=C(OC[C@H]2CCCN2c2ncnc3nc[nH]c23)C2=CC=CCC12. The fourth-order valence-corrected chi connectivity index (χ4v) is 4.28. The molecule has 0 amide bonds. The van der Waals surface area contributed by atoms with Crippen molar-refractivity contribution >= 4 is 23.3 Å². The Kier molecular flexibility index (Phi) is 4.27. The number of hydrogen-bond donors (Lipinski definition) is 1. The molecule has 1 unspecified atom stereocenters. The molecule has 2 aliphatic carbocycles. The molecule has 0 bridgehead atoms. The van der Waals surface area contributed by atoms with E-state index in [0.717, 1.165) is 60.3 Å². The van der Waals surface area contributed by atoms with Crippen molar-refractivity contribution in [1.29, 1.82) is 0 Å². The van der Waals surface area contributed by atoms with Gasteiger partial charge in [-0.1, -0.05) is 24.3 Å². The van der Waals surface area contributed by atoms with E-state index in [1.165, 1.54) is 0 Å². The Hall–Kier alpha value is -3.22. The highest BCUT2D eigenvalue weighted by atomic mass is 16.5. The number of ether oxygens (including phenoxy) is 1. The van der Waals surface area contributed by atoms with Gasteiger partial charge in [0.05, 0.1) is 12.4 Å². The number of hydrogen-bond acceptors (Lipinski definition) is 6. The summed E-state index contributed by atoms with van der Waals surface area (Å²) in [5, 5.41) is 0. The Morgan fingerprint density at radius 2 is 2.21 bits per heavy atom. The van der Waals surface area contributed by atoms with Crippen LogP contribution in [0.3, 0.4) is 0 Å². The lowest BCUT2D eigenvalue weighted by Crippen LogP contribution is -2.34. The zero-order valence-corrected chi connectivity index (χ0v) is 15.4. The minimum Gasteiger partial charge on any atom is -0.491 e. The van der Waals surface area contributed by atoms with Crippen LogP contribution < -0.4 is 4.90 Å². The summed E-state index contributed by atoms with van der Waals surface area (Å²) < 4.78 is 6.26. The second kappa shape index (κ2) is 7.07. The Morgan fingerprint density at radius 1 is 1.25 bits per heavy atom. The van der Waals surface area contributed by atoms with Crippen LogP contribution in [0, 0.1) is 5.92 Å². The molecule has 0 spiro atoms. The van der Waals surface area contributed by atoms with Gasteiger partial charge in [-0.05, 0) is 30.9 Å². The van der Waals surface area contributed by atoms with Crippen LogP contribution in [0.25, 0.3) is 11.2 Å². The number of nitrogens with zero attached hydrogens (tertiary/aromatic N) is 4. The molecule has 2 atom stereocenters. The molecular weight excluding hydrogens is 354 g/mol. The van der Waals surface area contributed by atoms with Crippen LogP contribution in [0.2, 0.25) is 0 Å².